The molecule has 2 rings (SSSR count). The lowest BCUT2D eigenvalue weighted by atomic mass is 10.0. The van der Waals surface area contributed by atoms with Gasteiger partial charge in [0, 0.05) is 30.5 Å². The fourth-order valence-electron chi connectivity index (χ4n) is 2.31. The van der Waals surface area contributed by atoms with E-state index in [4.69, 9.17) is 15.2 Å². The molecular weight excluding hydrogens is 254 g/mol. The van der Waals surface area contributed by atoms with Crippen LogP contribution in [0.2, 0.25) is 0 Å². The minimum Gasteiger partial charge on any atom is -0.493 e. The highest BCUT2D eigenvalue weighted by Gasteiger charge is 2.16. The first kappa shape index (κ1) is 14.4. The maximum absolute atomic E-state index is 6.30. The molecule has 2 N–H and O–H groups in total. The van der Waals surface area contributed by atoms with Crippen LogP contribution in [-0.2, 0) is 13.5 Å². The molecular formula is C15H21N3O2. The van der Waals surface area contributed by atoms with Crippen molar-refractivity contribution in [2.45, 2.75) is 18.9 Å². The Labute approximate surface area is 119 Å². The van der Waals surface area contributed by atoms with Gasteiger partial charge in [-0.15, -0.1) is 0 Å². The molecule has 0 aliphatic rings. The third-order valence-corrected chi connectivity index (χ3v) is 3.47. The van der Waals surface area contributed by atoms with E-state index in [1.54, 1.807) is 20.4 Å². The Kier molecular flexibility index (Phi) is 4.63. The Morgan fingerprint density at radius 1 is 1.25 bits per heavy atom. The average Bonchev–Trinajstić information content (AvgIpc) is 2.89. The van der Waals surface area contributed by atoms with Gasteiger partial charge in [0.25, 0.3) is 0 Å². The van der Waals surface area contributed by atoms with Crippen LogP contribution in [0.15, 0.2) is 30.5 Å². The quantitative estimate of drug-likeness (QED) is 0.876. The van der Waals surface area contributed by atoms with E-state index < -0.39 is 0 Å². The largest absolute Gasteiger partial charge is 0.493 e. The first-order valence-electron chi connectivity index (χ1n) is 6.60. The molecule has 5 heteroatoms. The zero-order valence-corrected chi connectivity index (χ0v) is 12.2. The number of benzene rings is 1. The number of ether oxygens (including phenoxy) is 2. The van der Waals surface area contributed by atoms with Crippen LogP contribution < -0.4 is 15.2 Å². The summed E-state index contributed by atoms with van der Waals surface area (Å²) in [4.78, 5) is 0. The van der Waals surface area contributed by atoms with Crippen molar-refractivity contribution < 1.29 is 9.47 Å². The first-order chi connectivity index (χ1) is 9.67. The summed E-state index contributed by atoms with van der Waals surface area (Å²) in [6.07, 6.45) is 3.49. The van der Waals surface area contributed by atoms with Crippen molar-refractivity contribution in [3.8, 4) is 11.5 Å². The minimum atomic E-state index is -0.102. The summed E-state index contributed by atoms with van der Waals surface area (Å²) in [5, 5.41) is 4.16. The van der Waals surface area contributed by atoms with E-state index in [0.717, 1.165) is 18.4 Å². The summed E-state index contributed by atoms with van der Waals surface area (Å²) >= 11 is 0. The summed E-state index contributed by atoms with van der Waals surface area (Å²) in [5.41, 5.74) is 8.43. The van der Waals surface area contributed by atoms with Gasteiger partial charge in [-0.1, -0.05) is 12.1 Å². The van der Waals surface area contributed by atoms with Gasteiger partial charge in [0.15, 0.2) is 11.5 Å². The molecule has 1 aromatic heterocycles. The lowest BCUT2D eigenvalue weighted by Gasteiger charge is -2.17. The molecule has 108 valence electrons. The Bertz CT molecular complexity index is 566. The van der Waals surface area contributed by atoms with Crippen LogP contribution in [0.25, 0.3) is 0 Å². The van der Waals surface area contributed by atoms with Crippen molar-refractivity contribution in [2.24, 2.45) is 12.8 Å². The molecule has 0 fully saturated rings. The van der Waals surface area contributed by atoms with E-state index in [2.05, 4.69) is 5.10 Å². The molecule has 1 unspecified atom stereocenters. The number of rotatable bonds is 6. The average molecular weight is 275 g/mol. The van der Waals surface area contributed by atoms with Crippen LogP contribution >= 0.6 is 0 Å². The number of nitrogens with two attached hydrogens (primary N) is 1. The van der Waals surface area contributed by atoms with Crippen LogP contribution in [-0.4, -0.2) is 24.0 Å². The Hall–Kier alpha value is -2.01. The molecule has 0 saturated carbocycles. The molecule has 0 aliphatic heterocycles. The Morgan fingerprint density at radius 2 is 2.05 bits per heavy atom. The van der Waals surface area contributed by atoms with Gasteiger partial charge in [-0.05, 0) is 25.0 Å². The molecule has 0 saturated heterocycles. The SMILES string of the molecule is COc1cccc(C(N)CCc2ccnn2C)c1OC. The lowest BCUT2D eigenvalue weighted by Crippen LogP contribution is -2.14. The summed E-state index contributed by atoms with van der Waals surface area (Å²) in [6, 6.07) is 7.69. The number of hydrogen-bond donors (Lipinski definition) is 1. The summed E-state index contributed by atoms with van der Waals surface area (Å²) in [7, 11) is 5.20. The van der Waals surface area contributed by atoms with Crippen LogP contribution in [0.4, 0.5) is 0 Å². The van der Waals surface area contributed by atoms with E-state index in [9.17, 15) is 0 Å². The van der Waals surface area contributed by atoms with E-state index in [-0.39, 0.29) is 6.04 Å². The van der Waals surface area contributed by atoms with Gasteiger partial charge in [0.05, 0.1) is 14.2 Å². The molecule has 1 heterocycles. The molecule has 0 radical (unpaired) electrons. The summed E-state index contributed by atoms with van der Waals surface area (Å²) in [6.45, 7) is 0. The van der Waals surface area contributed by atoms with Crippen LogP contribution in [0, 0.1) is 0 Å². The van der Waals surface area contributed by atoms with E-state index in [0.29, 0.717) is 11.5 Å². The second-order valence-corrected chi connectivity index (χ2v) is 4.67. The normalized spacial score (nSPS) is 12.2. The summed E-state index contributed by atoms with van der Waals surface area (Å²) < 4.78 is 12.6. The highest BCUT2D eigenvalue weighted by Crippen LogP contribution is 2.35. The van der Waals surface area contributed by atoms with Crippen molar-refractivity contribution >= 4 is 0 Å². The van der Waals surface area contributed by atoms with Crippen molar-refractivity contribution in [2.75, 3.05) is 14.2 Å². The maximum Gasteiger partial charge on any atom is 0.165 e. The van der Waals surface area contributed by atoms with Gasteiger partial charge in [-0.2, -0.15) is 5.10 Å². The lowest BCUT2D eigenvalue weighted by molar-refractivity contribution is 0.348. The van der Waals surface area contributed by atoms with Crippen molar-refractivity contribution in [1.29, 1.82) is 0 Å². The molecule has 2 aromatic rings. The smallest absolute Gasteiger partial charge is 0.165 e. The van der Waals surface area contributed by atoms with Gasteiger partial charge in [0.2, 0.25) is 0 Å². The van der Waals surface area contributed by atoms with E-state index in [1.807, 2.05) is 36.0 Å². The fourth-order valence-corrected chi connectivity index (χ4v) is 2.31. The zero-order valence-electron chi connectivity index (χ0n) is 12.2. The van der Waals surface area contributed by atoms with Crippen LogP contribution in [0.3, 0.4) is 0 Å². The monoisotopic (exact) mass is 275 g/mol. The second-order valence-electron chi connectivity index (χ2n) is 4.67. The number of nitrogens with zero attached hydrogens (tertiary/aromatic N) is 2. The van der Waals surface area contributed by atoms with E-state index in [1.165, 1.54) is 5.69 Å². The number of aromatic nitrogens is 2. The van der Waals surface area contributed by atoms with Gasteiger partial charge < -0.3 is 15.2 Å². The van der Waals surface area contributed by atoms with Gasteiger partial charge >= 0.3 is 0 Å². The van der Waals surface area contributed by atoms with Crippen molar-refractivity contribution in [3.63, 3.8) is 0 Å². The number of aryl methyl sites for hydroxylation is 2. The topological polar surface area (TPSA) is 62.3 Å². The number of hydrogen-bond acceptors (Lipinski definition) is 4. The molecule has 1 aromatic carbocycles. The number of methoxy groups -OCH3 is 2. The third-order valence-electron chi connectivity index (χ3n) is 3.47. The van der Waals surface area contributed by atoms with E-state index >= 15 is 0 Å². The van der Waals surface area contributed by atoms with Gasteiger partial charge in [-0.25, -0.2) is 0 Å². The highest BCUT2D eigenvalue weighted by molar-refractivity contribution is 5.48. The van der Waals surface area contributed by atoms with Crippen LogP contribution in [0.5, 0.6) is 11.5 Å². The van der Waals surface area contributed by atoms with Gasteiger partial charge in [0.1, 0.15) is 0 Å². The highest BCUT2D eigenvalue weighted by atomic mass is 16.5. The molecule has 0 spiro atoms. The van der Waals surface area contributed by atoms with Gasteiger partial charge in [-0.3, -0.25) is 4.68 Å². The third kappa shape index (κ3) is 2.93. The van der Waals surface area contributed by atoms with Crippen LogP contribution in [0.1, 0.15) is 23.7 Å². The molecule has 20 heavy (non-hydrogen) atoms. The fraction of sp³-hybridized carbons (Fsp3) is 0.400. The molecule has 5 nitrogen and oxygen atoms in total. The minimum absolute atomic E-state index is 0.102. The first-order valence-corrected chi connectivity index (χ1v) is 6.60. The Morgan fingerprint density at radius 3 is 2.65 bits per heavy atom. The predicted octanol–water partition coefficient (Wildman–Crippen LogP) is 2.07. The molecule has 0 aliphatic carbocycles. The second kappa shape index (κ2) is 6.43. The standard InChI is InChI=1S/C15H21N3O2/c1-18-11(9-10-17-18)7-8-13(16)12-5-4-6-14(19-2)15(12)20-3/h4-6,9-10,13H,7-8,16H2,1-3H3. The maximum atomic E-state index is 6.30. The molecule has 0 bridgehead atoms. The number of para-hydroxylation sites is 1. The summed E-state index contributed by atoms with van der Waals surface area (Å²) in [5.74, 6) is 1.42. The Balaban J connectivity index is 2.13. The van der Waals surface area contributed by atoms with Crippen molar-refractivity contribution in [1.82, 2.24) is 9.78 Å². The predicted molar refractivity (Wildman–Crippen MR) is 78.0 cm³/mol. The van der Waals surface area contributed by atoms with Crippen molar-refractivity contribution in [3.05, 3.63) is 41.7 Å². The molecule has 1 atom stereocenters. The molecule has 0 amide bonds. The zero-order chi connectivity index (χ0) is 14.5.